The Kier molecular flexibility index (Phi) is 6.70. The van der Waals surface area contributed by atoms with Crippen LogP contribution in [0, 0.1) is 0 Å². The lowest BCUT2D eigenvalue weighted by Crippen LogP contribution is -2.28. The predicted molar refractivity (Wildman–Crippen MR) is 115 cm³/mol. The van der Waals surface area contributed by atoms with Gasteiger partial charge in [0.1, 0.15) is 17.7 Å². The fourth-order valence-electron chi connectivity index (χ4n) is 2.95. The fourth-order valence-corrected chi connectivity index (χ4v) is 3.31. The molecule has 0 saturated heterocycles. The second kappa shape index (κ2) is 9.21. The van der Waals surface area contributed by atoms with Gasteiger partial charge in [-0.3, -0.25) is 15.0 Å². The Balaban J connectivity index is 2.13. The van der Waals surface area contributed by atoms with Crippen LogP contribution in [0.3, 0.4) is 0 Å². The van der Waals surface area contributed by atoms with Crippen LogP contribution in [0.15, 0.2) is 57.1 Å². The van der Waals surface area contributed by atoms with Crippen molar-refractivity contribution in [3.05, 3.63) is 58.3 Å². The molecule has 0 aliphatic carbocycles. The van der Waals surface area contributed by atoms with Crippen molar-refractivity contribution in [2.45, 2.75) is 38.8 Å². The van der Waals surface area contributed by atoms with E-state index in [1.807, 2.05) is 36.4 Å². The summed E-state index contributed by atoms with van der Waals surface area (Å²) in [5.41, 5.74) is 3.28. The molecule has 1 aromatic heterocycles. The van der Waals surface area contributed by atoms with Crippen molar-refractivity contribution in [3.8, 4) is 0 Å². The van der Waals surface area contributed by atoms with E-state index in [0.717, 1.165) is 27.1 Å². The smallest absolute Gasteiger partial charge is 0.129 e. The lowest BCUT2D eigenvalue weighted by molar-refractivity contribution is -0.117. The quantitative estimate of drug-likeness (QED) is 0.714. The Morgan fingerprint density at radius 2 is 2.18 bits per heavy atom. The summed E-state index contributed by atoms with van der Waals surface area (Å²) in [5.74, 6) is 0.755. The van der Waals surface area contributed by atoms with Crippen molar-refractivity contribution in [1.82, 2.24) is 4.98 Å². The van der Waals surface area contributed by atoms with Gasteiger partial charge in [0, 0.05) is 28.3 Å². The summed E-state index contributed by atoms with van der Waals surface area (Å²) in [5, 5.41) is 13.1. The lowest BCUT2D eigenvalue weighted by Gasteiger charge is -2.16. The van der Waals surface area contributed by atoms with E-state index in [-0.39, 0.29) is 18.4 Å². The van der Waals surface area contributed by atoms with Crippen molar-refractivity contribution < 1.29 is 9.90 Å². The van der Waals surface area contributed by atoms with Crippen molar-refractivity contribution >= 4 is 38.9 Å². The summed E-state index contributed by atoms with van der Waals surface area (Å²) >= 11 is 3.53. The zero-order valence-electron chi connectivity index (χ0n) is 15.9. The van der Waals surface area contributed by atoms with E-state index in [4.69, 9.17) is 4.99 Å². The van der Waals surface area contributed by atoms with E-state index in [1.54, 1.807) is 20.0 Å². The van der Waals surface area contributed by atoms with Crippen molar-refractivity contribution in [2.24, 2.45) is 9.98 Å². The second-order valence-corrected chi connectivity index (χ2v) is 7.75. The summed E-state index contributed by atoms with van der Waals surface area (Å²) in [6.45, 7) is 3.53. The lowest BCUT2D eigenvalue weighted by atomic mass is 10.0. The molecule has 28 heavy (non-hydrogen) atoms. The molecule has 7 heteroatoms. The molecule has 1 aliphatic rings. The Morgan fingerprint density at radius 1 is 1.36 bits per heavy atom. The molecule has 6 nitrogen and oxygen atoms in total. The highest BCUT2D eigenvalue weighted by Gasteiger charge is 2.25. The van der Waals surface area contributed by atoms with Gasteiger partial charge >= 0.3 is 0 Å². The molecule has 0 fully saturated rings. The van der Waals surface area contributed by atoms with Gasteiger partial charge < -0.3 is 15.2 Å². The number of aromatic nitrogens is 1. The minimum Gasteiger partial charge on any atom is -0.391 e. The van der Waals surface area contributed by atoms with Crippen LogP contribution in [-0.4, -0.2) is 46.1 Å². The number of carbonyl (C=O) groups is 1. The molecule has 1 aliphatic heterocycles. The van der Waals surface area contributed by atoms with Gasteiger partial charge in [-0.2, -0.15) is 0 Å². The number of hydrogen-bond acceptors (Lipinski definition) is 5. The molecule has 0 unspecified atom stereocenters. The van der Waals surface area contributed by atoms with Gasteiger partial charge in [0.2, 0.25) is 0 Å². The number of aliphatic hydroxyl groups excluding tert-OH is 1. The van der Waals surface area contributed by atoms with Gasteiger partial charge in [-0.15, -0.1) is 0 Å². The molecule has 0 radical (unpaired) electrons. The number of aliphatic hydroxyl groups is 1. The maximum Gasteiger partial charge on any atom is 0.129 e. The largest absolute Gasteiger partial charge is 0.391 e. The van der Waals surface area contributed by atoms with Crippen LogP contribution in [-0.2, 0) is 4.79 Å². The number of aliphatic imine (C=N–C) groups is 2. The number of benzene rings is 1. The molecule has 1 aromatic carbocycles. The summed E-state index contributed by atoms with van der Waals surface area (Å²) < 4.78 is 0.932. The number of hydrogen-bond donors (Lipinski definition) is 2. The molecular formula is C21H23BrN4O2. The van der Waals surface area contributed by atoms with E-state index >= 15 is 0 Å². The Bertz CT molecular complexity index is 910. The van der Waals surface area contributed by atoms with E-state index < -0.39 is 6.10 Å². The van der Waals surface area contributed by atoms with Crippen molar-refractivity contribution in [1.29, 1.82) is 0 Å². The standard InChI is InChI=1S/C21H23BrN4O2/c1-13(27)6-8-19-21(24-12-14(2)28)26-17-9-7-15(22)11-16(17)20(25-19)18-5-3-4-10-23-18/h3-5,7,9-11,14,19,28H,6,8,12H2,1-2H3,(H,24,26)/t14-,19-/m0/s1. The number of fused-ring (bicyclic) bond motifs is 1. The minimum absolute atomic E-state index is 0.106. The number of benzodiazepines with no additional fused rings is 1. The molecule has 146 valence electrons. The van der Waals surface area contributed by atoms with Gasteiger partial charge in [-0.25, -0.2) is 0 Å². The maximum absolute atomic E-state index is 11.6. The normalized spacial score (nSPS) is 18.6. The number of halogens is 1. The monoisotopic (exact) mass is 442 g/mol. The maximum atomic E-state index is 11.6. The topological polar surface area (TPSA) is 86.9 Å². The van der Waals surface area contributed by atoms with E-state index in [9.17, 15) is 9.90 Å². The number of nitrogens with one attached hydrogen (secondary N) is 1. The van der Waals surface area contributed by atoms with Gasteiger partial charge in [-0.05, 0) is 50.6 Å². The highest BCUT2D eigenvalue weighted by atomic mass is 79.9. The fraction of sp³-hybridized carbons (Fsp3) is 0.333. The van der Waals surface area contributed by atoms with Crippen LogP contribution >= 0.6 is 15.9 Å². The first-order valence-electron chi connectivity index (χ1n) is 9.22. The molecule has 0 saturated carbocycles. The number of nitrogens with zero attached hydrogens (tertiary/aromatic N) is 3. The number of Topliss-reactive ketones (excluding diaryl/α,β-unsaturated/α-hetero) is 1. The van der Waals surface area contributed by atoms with Crippen molar-refractivity contribution in [3.63, 3.8) is 0 Å². The summed E-state index contributed by atoms with van der Waals surface area (Å²) in [4.78, 5) is 25.6. The Hall–Kier alpha value is -2.38. The minimum atomic E-state index is -0.561. The number of ketones is 1. The molecule has 0 bridgehead atoms. The Labute approximate surface area is 173 Å². The first-order valence-corrected chi connectivity index (χ1v) is 10.0. The van der Waals surface area contributed by atoms with Crippen LogP contribution in [0.1, 0.15) is 37.9 Å². The molecule has 2 aromatic rings. The van der Waals surface area contributed by atoms with E-state index in [2.05, 4.69) is 31.2 Å². The van der Waals surface area contributed by atoms with Gasteiger partial charge in [-0.1, -0.05) is 22.0 Å². The summed E-state index contributed by atoms with van der Waals surface area (Å²) in [6, 6.07) is 11.3. The zero-order valence-corrected chi connectivity index (χ0v) is 17.5. The molecule has 3 rings (SSSR count). The predicted octanol–water partition coefficient (Wildman–Crippen LogP) is 3.62. The SMILES string of the molecule is CC(=O)CC[C@@H]1N=C(c2ccccn2)c2cc(Br)ccc2NC1=NC[C@H](C)O. The Morgan fingerprint density at radius 3 is 2.86 bits per heavy atom. The number of rotatable bonds is 6. The number of pyridine rings is 1. The molecule has 0 spiro atoms. The molecule has 2 heterocycles. The zero-order chi connectivity index (χ0) is 20.1. The summed E-state index contributed by atoms with van der Waals surface area (Å²) in [6.07, 6.45) is 2.11. The van der Waals surface area contributed by atoms with Gasteiger partial charge in [0.05, 0.1) is 24.1 Å². The van der Waals surface area contributed by atoms with Crippen LogP contribution in [0.4, 0.5) is 5.69 Å². The summed E-state index contributed by atoms with van der Waals surface area (Å²) in [7, 11) is 0. The third-order valence-corrected chi connectivity index (χ3v) is 4.80. The van der Waals surface area contributed by atoms with E-state index in [0.29, 0.717) is 18.7 Å². The molecule has 2 atom stereocenters. The second-order valence-electron chi connectivity index (χ2n) is 6.84. The average molecular weight is 443 g/mol. The molecular weight excluding hydrogens is 420 g/mol. The third kappa shape index (κ3) is 5.11. The van der Waals surface area contributed by atoms with Crippen LogP contribution in [0.5, 0.6) is 0 Å². The third-order valence-electron chi connectivity index (χ3n) is 4.30. The van der Waals surface area contributed by atoms with Gasteiger partial charge in [0.15, 0.2) is 0 Å². The first-order chi connectivity index (χ1) is 13.4. The highest BCUT2D eigenvalue weighted by molar-refractivity contribution is 9.10. The first kappa shape index (κ1) is 20.4. The van der Waals surface area contributed by atoms with Crippen LogP contribution < -0.4 is 5.32 Å². The molecule has 2 N–H and O–H groups in total. The van der Waals surface area contributed by atoms with Gasteiger partial charge in [0.25, 0.3) is 0 Å². The van der Waals surface area contributed by atoms with E-state index in [1.165, 1.54) is 0 Å². The highest BCUT2D eigenvalue weighted by Crippen LogP contribution is 2.28. The molecule has 0 amide bonds. The average Bonchev–Trinajstić information content (AvgIpc) is 2.82. The van der Waals surface area contributed by atoms with Crippen LogP contribution in [0.25, 0.3) is 0 Å². The van der Waals surface area contributed by atoms with Crippen LogP contribution in [0.2, 0.25) is 0 Å². The van der Waals surface area contributed by atoms with Crippen molar-refractivity contribution in [2.75, 3.05) is 11.9 Å². The number of amidine groups is 1. The number of carbonyl (C=O) groups excluding carboxylic acids is 1. The number of anilines is 1.